The van der Waals surface area contributed by atoms with Crippen molar-refractivity contribution in [3.05, 3.63) is 17.5 Å². The Bertz CT molecular complexity index is 381. The molecule has 2 rings (SSSR count). The van der Waals surface area contributed by atoms with Crippen LogP contribution in [0.4, 0.5) is 0 Å². The van der Waals surface area contributed by atoms with Crippen LogP contribution in [0.5, 0.6) is 0 Å². The van der Waals surface area contributed by atoms with Crippen molar-refractivity contribution in [1.29, 1.82) is 0 Å². The lowest BCUT2D eigenvalue weighted by atomic mass is 10.2. The fraction of sp³-hybridized carbons (Fsp3) is 0.636. The third-order valence-corrected chi connectivity index (χ3v) is 2.77. The molecule has 1 aromatic rings. The smallest absolute Gasteiger partial charge is 0.254 e. The van der Waals surface area contributed by atoms with Gasteiger partial charge in [-0.3, -0.25) is 9.48 Å². The largest absolute Gasteiger partial charge is 0.376 e. The first kappa shape index (κ1) is 11.1. The lowest BCUT2D eigenvalue weighted by molar-refractivity contribution is 0.0857. The van der Waals surface area contributed by atoms with Gasteiger partial charge in [0.2, 0.25) is 0 Å². The summed E-state index contributed by atoms with van der Waals surface area (Å²) in [6.07, 6.45) is 4.04. The van der Waals surface area contributed by atoms with Gasteiger partial charge in [-0.25, -0.2) is 0 Å². The number of carbonyl (C=O) groups is 1. The third-order valence-electron chi connectivity index (χ3n) is 2.77. The summed E-state index contributed by atoms with van der Waals surface area (Å²) >= 11 is 0. The summed E-state index contributed by atoms with van der Waals surface area (Å²) in [5, 5.41) is 7.01. The first-order valence-corrected chi connectivity index (χ1v) is 5.57. The summed E-state index contributed by atoms with van der Waals surface area (Å²) in [7, 11) is 1.81. The quantitative estimate of drug-likeness (QED) is 0.818. The fourth-order valence-corrected chi connectivity index (χ4v) is 1.93. The maximum absolute atomic E-state index is 11.8. The predicted molar refractivity (Wildman–Crippen MR) is 59.3 cm³/mol. The first-order chi connectivity index (χ1) is 7.66. The predicted octanol–water partition coefficient (Wildman–Crippen LogP) is 0.637. The van der Waals surface area contributed by atoms with Crippen molar-refractivity contribution in [2.75, 3.05) is 13.2 Å². The zero-order valence-electron chi connectivity index (χ0n) is 9.69. The van der Waals surface area contributed by atoms with Crippen LogP contribution >= 0.6 is 0 Å². The van der Waals surface area contributed by atoms with E-state index < -0.39 is 0 Å². The van der Waals surface area contributed by atoms with Crippen molar-refractivity contribution < 1.29 is 9.53 Å². The molecule has 0 saturated carbocycles. The van der Waals surface area contributed by atoms with Crippen LogP contribution in [0.25, 0.3) is 0 Å². The van der Waals surface area contributed by atoms with Gasteiger partial charge < -0.3 is 10.1 Å². The topological polar surface area (TPSA) is 56.2 Å². The molecule has 5 heteroatoms. The third kappa shape index (κ3) is 2.41. The van der Waals surface area contributed by atoms with E-state index in [4.69, 9.17) is 4.74 Å². The Morgan fingerprint density at radius 2 is 2.56 bits per heavy atom. The zero-order valence-corrected chi connectivity index (χ0v) is 9.69. The molecule has 16 heavy (non-hydrogen) atoms. The van der Waals surface area contributed by atoms with Crippen LogP contribution in [0.3, 0.4) is 0 Å². The van der Waals surface area contributed by atoms with E-state index in [1.54, 1.807) is 10.9 Å². The maximum atomic E-state index is 11.8. The molecule has 1 aliphatic heterocycles. The molecule has 0 aliphatic carbocycles. The van der Waals surface area contributed by atoms with Gasteiger partial charge in [0, 0.05) is 26.4 Å². The standard InChI is InChI=1S/C11H17N3O2/c1-8-10(7-14(2)13-8)11(15)12-6-9-4-3-5-16-9/h7,9H,3-6H2,1-2H3,(H,12,15). The highest BCUT2D eigenvalue weighted by Crippen LogP contribution is 2.11. The van der Waals surface area contributed by atoms with Crippen LogP contribution in [-0.2, 0) is 11.8 Å². The molecule has 1 atom stereocenters. The summed E-state index contributed by atoms with van der Waals surface area (Å²) in [5.74, 6) is -0.0684. The molecule has 1 amide bonds. The Balaban J connectivity index is 1.90. The summed E-state index contributed by atoms with van der Waals surface area (Å²) in [4.78, 5) is 11.8. The number of carbonyl (C=O) groups excluding carboxylic acids is 1. The molecule has 1 aliphatic rings. The lowest BCUT2D eigenvalue weighted by Gasteiger charge is -2.10. The first-order valence-electron chi connectivity index (χ1n) is 5.57. The SMILES string of the molecule is Cc1nn(C)cc1C(=O)NCC1CCCO1. The molecular formula is C11H17N3O2. The van der Waals surface area contributed by atoms with Crippen molar-refractivity contribution >= 4 is 5.91 Å². The number of aromatic nitrogens is 2. The molecule has 2 heterocycles. The number of rotatable bonds is 3. The molecule has 0 bridgehead atoms. The van der Waals surface area contributed by atoms with Crippen LogP contribution in [0, 0.1) is 6.92 Å². The van der Waals surface area contributed by atoms with E-state index >= 15 is 0 Å². The second-order valence-electron chi connectivity index (χ2n) is 4.15. The molecule has 88 valence electrons. The molecule has 1 saturated heterocycles. The fourth-order valence-electron chi connectivity index (χ4n) is 1.93. The van der Waals surface area contributed by atoms with Gasteiger partial charge in [0.15, 0.2) is 0 Å². The minimum atomic E-state index is -0.0684. The molecule has 0 spiro atoms. The van der Waals surface area contributed by atoms with Crippen molar-refractivity contribution in [3.8, 4) is 0 Å². The molecule has 1 fully saturated rings. The molecule has 0 radical (unpaired) electrons. The lowest BCUT2D eigenvalue weighted by Crippen LogP contribution is -2.31. The molecule has 1 aromatic heterocycles. The average Bonchev–Trinajstić information content (AvgIpc) is 2.84. The Hall–Kier alpha value is -1.36. The van der Waals surface area contributed by atoms with Gasteiger partial charge in [0.25, 0.3) is 5.91 Å². The summed E-state index contributed by atoms with van der Waals surface area (Å²) in [5.41, 5.74) is 1.40. The number of nitrogens with one attached hydrogen (secondary N) is 1. The Morgan fingerprint density at radius 1 is 1.75 bits per heavy atom. The number of aryl methyl sites for hydroxylation is 2. The van der Waals surface area contributed by atoms with Crippen molar-refractivity contribution in [3.63, 3.8) is 0 Å². The van der Waals surface area contributed by atoms with E-state index in [-0.39, 0.29) is 12.0 Å². The maximum Gasteiger partial charge on any atom is 0.254 e. The summed E-state index contributed by atoms with van der Waals surface area (Å²) in [6, 6.07) is 0. The van der Waals surface area contributed by atoms with Crippen molar-refractivity contribution in [2.45, 2.75) is 25.9 Å². The van der Waals surface area contributed by atoms with E-state index in [0.29, 0.717) is 12.1 Å². The normalized spacial score (nSPS) is 20.0. The highest BCUT2D eigenvalue weighted by molar-refractivity contribution is 5.94. The number of nitrogens with zero attached hydrogens (tertiary/aromatic N) is 2. The monoisotopic (exact) mass is 223 g/mol. The molecule has 1 N–H and O–H groups in total. The van der Waals surface area contributed by atoms with Crippen LogP contribution in [-0.4, -0.2) is 34.9 Å². The minimum absolute atomic E-state index is 0.0684. The van der Waals surface area contributed by atoms with E-state index in [2.05, 4.69) is 10.4 Å². The Kier molecular flexibility index (Phi) is 3.24. The summed E-state index contributed by atoms with van der Waals surface area (Å²) in [6.45, 7) is 3.24. The second-order valence-corrected chi connectivity index (χ2v) is 4.15. The van der Waals surface area contributed by atoms with Gasteiger partial charge in [0.1, 0.15) is 0 Å². The Labute approximate surface area is 94.8 Å². The van der Waals surface area contributed by atoms with Gasteiger partial charge in [0.05, 0.1) is 17.4 Å². The summed E-state index contributed by atoms with van der Waals surface area (Å²) < 4.78 is 7.09. The zero-order chi connectivity index (χ0) is 11.5. The van der Waals surface area contributed by atoms with E-state index in [9.17, 15) is 4.79 Å². The van der Waals surface area contributed by atoms with Crippen LogP contribution in [0.15, 0.2) is 6.20 Å². The highest BCUT2D eigenvalue weighted by Gasteiger charge is 2.18. The van der Waals surface area contributed by atoms with E-state index in [0.717, 1.165) is 25.1 Å². The number of ether oxygens (including phenoxy) is 1. The number of amides is 1. The second kappa shape index (κ2) is 4.65. The Morgan fingerprint density at radius 3 is 3.12 bits per heavy atom. The van der Waals surface area contributed by atoms with Crippen LogP contribution in [0.1, 0.15) is 28.9 Å². The van der Waals surface area contributed by atoms with E-state index in [1.807, 2.05) is 14.0 Å². The molecule has 0 aromatic carbocycles. The van der Waals surface area contributed by atoms with Crippen molar-refractivity contribution in [1.82, 2.24) is 15.1 Å². The minimum Gasteiger partial charge on any atom is -0.376 e. The van der Waals surface area contributed by atoms with Gasteiger partial charge >= 0.3 is 0 Å². The van der Waals surface area contributed by atoms with Crippen LogP contribution in [0.2, 0.25) is 0 Å². The van der Waals surface area contributed by atoms with Crippen molar-refractivity contribution in [2.24, 2.45) is 7.05 Å². The average molecular weight is 223 g/mol. The van der Waals surface area contributed by atoms with Gasteiger partial charge in [-0.1, -0.05) is 0 Å². The van der Waals surface area contributed by atoms with E-state index in [1.165, 1.54) is 0 Å². The number of hydrogen-bond acceptors (Lipinski definition) is 3. The molecule has 5 nitrogen and oxygen atoms in total. The highest BCUT2D eigenvalue weighted by atomic mass is 16.5. The number of hydrogen-bond donors (Lipinski definition) is 1. The molecule has 1 unspecified atom stereocenters. The van der Waals surface area contributed by atoms with Gasteiger partial charge in [-0.2, -0.15) is 5.10 Å². The van der Waals surface area contributed by atoms with Gasteiger partial charge in [-0.15, -0.1) is 0 Å². The molecular weight excluding hydrogens is 206 g/mol. The van der Waals surface area contributed by atoms with Crippen LogP contribution < -0.4 is 5.32 Å². The van der Waals surface area contributed by atoms with Gasteiger partial charge in [-0.05, 0) is 19.8 Å².